The Labute approximate surface area is 159 Å². The largest absolute Gasteiger partial charge is 0.321 e. The molecule has 3 N–H and O–H groups in total. The van der Waals surface area contributed by atoms with Gasteiger partial charge in [0.1, 0.15) is 22.6 Å². The SMILES string of the molecule is CC(C)C1CCc2c(nn(C)c2C(=O)Nc2ccc(F)c(C#N)c2)S(=N)N1. The van der Waals surface area contributed by atoms with Crippen molar-refractivity contribution in [1.82, 2.24) is 14.5 Å². The third-order valence-corrected chi connectivity index (χ3v) is 5.89. The van der Waals surface area contributed by atoms with Gasteiger partial charge in [-0.3, -0.25) is 14.3 Å². The number of fused-ring (bicyclic) bond motifs is 1. The molecule has 9 heteroatoms. The van der Waals surface area contributed by atoms with Gasteiger partial charge in [-0.15, -0.1) is 0 Å². The summed E-state index contributed by atoms with van der Waals surface area (Å²) in [5.74, 6) is -0.639. The van der Waals surface area contributed by atoms with Crippen molar-refractivity contribution in [3.05, 3.63) is 40.8 Å². The number of aromatic nitrogens is 2. The molecule has 2 unspecified atom stereocenters. The van der Waals surface area contributed by atoms with Gasteiger partial charge in [0.05, 0.1) is 5.56 Å². The van der Waals surface area contributed by atoms with Crippen molar-refractivity contribution in [3.63, 3.8) is 0 Å². The minimum atomic E-state index is -0.998. The number of halogens is 1. The molecular weight excluding hydrogens is 367 g/mol. The first kappa shape index (κ1) is 19.2. The number of nitriles is 1. The van der Waals surface area contributed by atoms with Crippen molar-refractivity contribution in [2.75, 3.05) is 5.32 Å². The summed E-state index contributed by atoms with van der Waals surface area (Å²) < 4.78 is 26.7. The summed E-state index contributed by atoms with van der Waals surface area (Å²) in [5, 5.41) is 16.6. The summed E-state index contributed by atoms with van der Waals surface area (Å²) in [6.45, 7) is 4.21. The molecule has 142 valence electrons. The van der Waals surface area contributed by atoms with Gasteiger partial charge in [0.15, 0.2) is 0 Å². The number of nitrogens with one attached hydrogen (secondary N) is 3. The second kappa shape index (κ2) is 7.58. The fourth-order valence-electron chi connectivity index (χ4n) is 3.13. The predicted octanol–water partition coefficient (Wildman–Crippen LogP) is 2.90. The quantitative estimate of drug-likeness (QED) is 0.751. The molecule has 0 spiro atoms. The van der Waals surface area contributed by atoms with Crippen LogP contribution in [0, 0.1) is 27.8 Å². The van der Waals surface area contributed by atoms with E-state index in [1.807, 2.05) is 0 Å². The molecule has 7 nitrogen and oxygen atoms in total. The van der Waals surface area contributed by atoms with E-state index in [1.165, 1.54) is 16.8 Å². The highest BCUT2D eigenvalue weighted by atomic mass is 32.2. The van der Waals surface area contributed by atoms with Gasteiger partial charge in [-0.25, -0.2) is 9.11 Å². The summed E-state index contributed by atoms with van der Waals surface area (Å²) in [6.07, 6.45) is 1.46. The molecule has 0 fully saturated rings. The van der Waals surface area contributed by atoms with Crippen LogP contribution in [-0.4, -0.2) is 21.7 Å². The van der Waals surface area contributed by atoms with Gasteiger partial charge in [0.25, 0.3) is 5.91 Å². The lowest BCUT2D eigenvalue weighted by atomic mass is 9.97. The van der Waals surface area contributed by atoms with E-state index in [9.17, 15) is 9.18 Å². The smallest absolute Gasteiger partial charge is 0.274 e. The topological polar surface area (TPSA) is 107 Å². The van der Waals surface area contributed by atoms with Crippen LogP contribution in [0.2, 0.25) is 0 Å². The minimum absolute atomic E-state index is 0.131. The number of carbonyl (C=O) groups is 1. The van der Waals surface area contributed by atoms with Crippen LogP contribution in [0.15, 0.2) is 23.2 Å². The van der Waals surface area contributed by atoms with Gasteiger partial charge in [0.2, 0.25) is 0 Å². The Balaban J connectivity index is 1.91. The van der Waals surface area contributed by atoms with Crippen molar-refractivity contribution in [1.29, 1.82) is 10.0 Å². The Hall–Kier alpha value is -2.57. The predicted molar refractivity (Wildman–Crippen MR) is 101 cm³/mol. The van der Waals surface area contributed by atoms with E-state index >= 15 is 0 Å². The molecule has 0 bridgehead atoms. The average Bonchev–Trinajstić information content (AvgIpc) is 2.87. The van der Waals surface area contributed by atoms with E-state index in [-0.39, 0.29) is 17.5 Å². The molecular formula is C18H21FN6OS. The number of nitrogens with zero attached hydrogens (tertiary/aromatic N) is 3. The number of rotatable bonds is 3. The summed E-state index contributed by atoms with van der Waals surface area (Å²) in [6, 6.07) is 5.81. The first-order valence-corrected chi connectivity index (χ1v) is 9.82. The monoisotopic (exact) mass is 388 g/mol. The Bertz CT molecular complexity index is 961. The van der Waals surface area contributed by atoms with E-state index in [0.717, 1.165) is 18.1 Å². The molecule has 0 radical (unpaired) electrons. The third kappa shape index (κ3) is 3.77. The fourth-order valence-corrected chi connectivity index (χ4v) is 4.58. The zero-order valence-corrected chi connectivity index (χ0v) is 16.2. The molecule has 27 heavy (non-hydrogen) atoms. The van der Waals surface area contributed by atoms with Crippen LogP contribution in [0.5, 0.6) is 0 Å². The average molecular weight is 388 g/mol. The van der Waals surface area contributed by atoms with E-state index in [1.54, 1.807) is 13.1 Å². The molecule has 2 heterocycles. The normalized spacial score (nSPS) is 19.3. The van der Waals surface area contributed by atoms with E-state index in [0.29, 0.717) is 28.7 Å². The Kier molecular flexibility index (Phi) is 5.39. The maximum Gasteiger partial charge on any atom is 0.274 e. The number of benzene rings is 1. The highest BCUT2D eigenvalue weighted by Crippen LogP contribution is 2.26. The maximum atomic E-state index is 13.5. The lowest BCUT2D eigenvalue weighted by Gasteiger charge is -2.19. The lowest BCUT2D eigenvalue weighted by molar-refractivity contribution is 0.101. The van der Waals surface area contributed by atoms with Crippen molar-refractivity contribution in [3.8, 4) is 6.07 Å². The van der Waals surface area contributed by atoms with E-state index in [4.69, 9.17) is 10.0 Å². The van der Waals surface area contributed by atoms with Crippen LogP contribution in [0.1, 0.15) is 41.9 Å². The van der Waals surface area contributed by atoms with Gasteiger partial charge >= 0.3 is 0 Å². The highest BCUT2D eigenvalue weighted by Gasteiger charge is 2.29. The highest BCUT2D eigenvalue weighted by molar-refractivity contribution is 7.84. The third-order valence-electron chi connectivity index (χ3n) is 4.64. The van der Waals surface area contributed by atoms with Crippen molar-refractivity contribution in [2.45, 2.75) is 37.8 Å². The summed E-state index contributed by atoms with van der Waals surface area (Å²) in [4.78, 5) is 12.9. The second-order valence-electron chi connectivity index (χ2n) is 6.83. The molecule has 2 aromatic rings. The van der Waals surface area contributed by atoms with Crippen LogP contribution in [0.25, 0.3) is 0 Å². The van der Waals surface area contributed by atoms with Gasteiger partial charge in [-0.2, -0.15) is 10.4 Å². The maximum absolute atomic E-state index is 13.5. The zero-order chi connectivity index (χ0) is 19.7. The Morgan fingerprint density at radius 1 is 1.56 bits per heavy atom. The number of hydrogen-bond donors (Lipinski definition) is 3. The first-order valence-electron chi connectivity index (χ1n) is 8.60. The molecule has 1 aromatic carbocycles. The van der Waals surface area contributed by atoms with Crippen molar-refractivity contribution >= 4 is 22.5 Å². The molecule has 1 aromatic heterocycles. The standard InChI is InChI=1S/C18H21FN6OS/c1-10(2)15-7-5-13-16(25(3)23-18(13)27(21)24-15)17(26)22-12-4-6-14(19)11(8-12)9-20/h4,6,8,10,15H,5,7H2,1-3H3,(H2,21,24)(H,22,26). The molecule has 1 aliphatic heterocycles. The van der Waals surface area contributed by atoms with Crippen LogP contribution in [0.3, 0.4) is 0 Å². The van der Waals surface area contributed by atoms with Crippen LogP contribution < -0.4 is 10.0 Å². The Morgan fingerprint density at radius 3 is 2.96 bits per heavy atom. The molecule has 0 saturated heterocycles. The van der Waals surface area contributed by atoms with Crippen LogP contribution in [-0.2, 0) is 24.3 Å². The van der Waals surface area contributed by atoms with Gasteiger partial charge < -0.3 is 5.32 Å². The molecule has 1 amide bonds. The summed E-state index contributed by atoms with van der Waals surface area (Å²) >= 11 is 0. The Morgan fingerprint density at radius 2 is 2.30 bits per heavy atom. The molecule has 0 saturated carbocycles. The number of anilines is 1. The van der Waals surface area contributed by atoms with Crippen molar-refractivity contribution in [2.24, 2.45) is 13.0 Å². The lowest BCUT2D eigenvalue weighted by Crippen LogP contribution is -2.33. The summed E-state index contributed by atoms with van der Waals surface area (Å²) in [5.41, 5.74) is 1.37. The molecule has 1 aliphatic rings. The van der Waals surface area contributed by atoms with E-state index < -0.39 is 16.7 Å². The van der Waals surface area contributed by atoms with Crippen molar-refractivity contribution < 1.29 is 9.18 Å². The van der Waals surface area contributed by atoms with Gasteiger partial charge in [0, 0.05) is 35.2 Å². The first-order chi connectivity index (χ1) is 12.8. The molecule has 2 atom stereocenters. The molecule has 3 rings (SSSR count). The van der Waals surface area contributed by atoms with Crippen LogP contribution in [0.4, 0.5) is 10.1 Å². The zero-order valence-electron chi connectivity index (χ0n) is 15.3. The number of amides is 1. The van der Waals surface area contributed by atoms with Crippen LogP contribution >= 0.6 is 0 Å². The van der Waals surface area contributed by atoms with E-state index in [2.05, 4.69) is 29.0 Å². The number of carbonyl (C=O) groups excluding carboxylic acids is 1. The second-order valence-corrected chi connectivity index (χ2v) is 8.06. The molecule has 0 aliphatic carbocycles. The van der Waals surface area contributed by atoms with Gasteiger partial charge in [-0.1, -0.05) is 13.8 Å². The minimum Gasteiger partial charge on any atom is -0.321 e. The summed E-state index contributed by atoms with van der Waals surface area (Å²) in [7, 11) is 0.674. The fraction of sp³-hybridized carbons (Fsp3) is 0.389. The number of aryl methyl sites for hydroxylation is 1. The van der Waals surface area contributed by atoms with Gasteiger partial charge in [-0.05, 0) is 37.0 Å². The number of hydrogen-bond acceptors (Lipinski definition) is 4.